The Morgan fingerprint density at radius 3 is 1.40 bits per heavy atom. The molecule has 0 bridgehead atoms. The molecule has 0 unspecified atom stereocenters. The number of alkyl carbamates (subject to hydrolysis) is 1. The van der Waals surface area contributed by atoms with E-state index in [9.17, 15) is 4.79 Å². The lowest BCUT2D eigenvalue weighted by Crippen LogP contribution is -2.33. The third-order valence-electron chi connectivity index (χ3n) is 9.66. The molecule has 2 N–H and O–H groups in total. The first-order chi connectivity index (χ1) is 32.2. The first-order valence-corrected chi connectivity index (χ1v) is 23.9. The predicted molar refractivity (Wildman–Crippen MR) is 276 cm³/mol. The van der Waals surface area contributed by atoms with E-state index < -0.39 is 11.7 Å². The molecule has 0 aliphatic heterocycles. The zero-order valence-electron chi connectivity index (χ0n) is 41.6. The Kier molecular flexibility index (Phi) is 22.8. The van der Waals surface area contributed by atoms with Crippen LogP contribution in [0, 0.1) is 0 Å². The minimum atomic E-state index is -0.548. The van der Waals surface area contributed by atoms with E-state index in [4.69, 9.17) is 28.4 Å². The molecule has 0 saturated carbocycles. The second-order valence-corrected chi connectivity index (χ2v) is 18.1. The molecule has 0 aliphatic rings. The molecule has 0 atom stereocenters. The highest BCUT2D eigenvalue weighted by molar-refractivity contribution is 5.67. The summed E-state index contributed by atoms with van der Waals surface area (Å²) in [6, 6.07) is 32.4. The normalized spacial score (nSPS) is 12.6. The molecule has 0 heterocycles. The lowest BCUT2D eigenvalue weighted by molar-refractivity contribution is 0.0396. The molecule has 0 saturated heterocycles. The zero-order valence-corrected chi connectivity index (χ0v) is 41.6. The summed E-state index contributed by atoms with van der Waals surface area (Å²) < 4.78 is 36.7. The fourth-order valence-corrected chi connectivity index (χ4v) is 6.65. The summed E-state index contributed by atoms with van der Waals surface area (Å²) in [6.07, 6.45) is 19.8. The highest BCUT2D eigenvalue weighted by Gasteiger charge is 2.16. The van der Waals surface area contributed by atoms with E-state index >= 15 is 0 Å². The molecule has 9 heteroatoms. The monoisotopic (exact) mass is 913 g/mol. The number of rotatable bonds is 27. The maximum Gasteiger partial charge on any atom is 0.407 e. The van der Waals surface area contributed by atoms with Crippen LogP contribution in [0.25, 0.3) is 12.2 Å². The van der Waals surface area contributed by atoms with Gasteiger partial charge in [0.25, 0.3) is 0 Å². The molecule has 9 nitrogen and oxygen atoms in total. The number of carbonyl (C=O) groups is 1. The Morgan fingerprint density at radius 1 is 0.522 bits per heavy atom. The lowest BCUT2D eigenvalue weighted by Gasteiger charge is -2.24. The summed E-state index contributed by atoms with van der Waals surface area (Å²) in [5, 5.41) is 6.21. The third-order valence-corrected chi connectivity index (χ3v) is 9.66. The van der Waals surface area contributed by atoms with Crippen molar-refractivity contribution in [3.8, 4) is 23.0 Å². The highest BCUT2D eigenvalue weighted by Crippen LogP contribution is 2.32. The van der Waals surface area contributed by atoms with Crippen LogP contribution in [-0.2, 0) is 22.7 Å². The van der Waals surface area contributed by atoms with Gasteiger partial charge in [0.15, 0.2) is 28.9 Å². The third kappa shape index (κ3) is 22.1. The molecule has 360 valence electrons. The van der Waals surface area contributed by atoms with Gasteiger partial charge in [0.05, 0.1) is 13.2 Å². The first-order valence-electron chi connectivity index (χ1n) is 23.9. The van der Waals surface area contributed by atoms with Crippen molar-refractivity contribution in [2.75, 3.05) is 26.3 Å². The van der Waals surface area contributed by atoms with Crippen LogP contribution in [-0.4, -0.2) is 43.6 Å². The molecule has 0 fully saturated rings. The predicted octanol–water partition coefficient (Wildman–Crippen LogP) is 14.4. The van der Waals surface area contributed by atoms with Gasteiger partial charge in [-0.25, -0.2) is 4.79 Å². The van der Waals surface area contributed by atoms with Crippen molar-refractivity contribution in [1.82, 2.24) is 10.6 Å². The van der Waals surface area contributed by atoms with Gasteiger partial charge in [-0.1, -0.05) is 130 Å². The van der Waals surface area contributed by atoms with Crippen LogP contribution >= 0.6 is 0 Å². The van der Waals surface area contributed by atoms with E-state index in [1.54, 1.807) is 0 Å². The van der Waals surface area contributed by atoms with Crippen LogP contribution in [0.1, 0.15) is 123 Å². The summed E-state index contributed by atoms with van der Waals surface area (Å²) >= 11 is 0. The minimum Gasteiger partial charge on any atom is -0.490 e. The number of nitrogens with one attached hydrogen (secondary N) is 2. The van der Waals surface area contributed by atoms with Gasteiger partial charge in [-0.3, -0.25) is 0 Å². The fourth-order valence-electron chi connectivity index (χ4n) is 6.65. The second kappa shape index (κ2) is 28.6. The van der Waals surface area contributed by atoms with Crippen molar-refractivity contribution >= 4 is 18.2 Å². The number of ether oxygens (including phenoxy) is 6. The van der Waals surface area contributed by atoms with Crippen molar-refractivity contribution in [1.29, 1.82) is 0 Å². The Balaban J connectivity index is 1.45. The molecule has 4 rings (SSSR count). The van der Waals surface area contributed by atoms with Crippen molar-refractivity contribution in [2.24, 2.45) is 0 Å². The van der Waals surface area contributed by atoms with E-state index in [0.29, 0.717) is 62.4 Å². The molecular formula is C58H76N2O7. The summed E-state index contributed by atoms with van der Waals surface area (Å²) in [5.74, 6) is 3.53. The van der Waals surface area contributed by atoms with Gasteiger partial charge in [-0.2, -0.15) is 0 Å². The van der Waals surface area contributed by atoms with Crippen LogP contribution in [0.15, 0.2) is 144 Å². The largest absolute Gasteiger partial charge is 0.490 e. The smallest absolute Gasteiger partial charge is 0.407 e. The quantitative estimate of drug-likeness (QED) is 0.0347. The number of hydrogen-bond acceptors (Lipinski definition) is 8. The summed E-state index contributed by atoms with van der Waals surface area (Å²) in [5.41, 5.74) is 5.78. The molecule has 0 aliphatic carbocycles. The molecule has 0 radical (unpaired) electrons. The number of allylic oxidation sites excluding steroid dienone is 7. The van der Waals surface area contributed by atoms with Crippen LogP contribution in [0.3, 0.4) is 0 Å². The molecular weight excluding hydrogens is 837 g/mol. The Bertz CT molecular complexity index is 2230. The van der Waals surface area contributed by atoms with Crippen molar-refractivity contribution in [3.05, 3.63) is 167 Å². The van der Waals surface area contributed by atoms with Crippen molar-refractivity contribution in [3.63, 3.8) is 0 Å². The molecule has 0 aromatic heterocycles. The van der Waals surface area contributed by atoms with Crippen molar-refractivity contribution < 1.29 is 33.2 Å². The maximum absolute atomic E-state index is 12.1. The van der Waals surface area contributed by atoms with Gasteiger partial charge in [-0.15, -0.1) is 0 Å². The van der Waals surface area contributed by atoms with E-state index in [1.807, 2.05) is 93.6 Å². The van der Waals surface area contributed by atoms with Gasteiger partial charge in [0, 0.05) is 13.1 Å². The fraction of sp³-hybridized carbons (Fsp3) is 0.397. The molecule has 1 amide bonds. The first kappa shape index (κ1) is 53.3. The number of amides is 1. The SMILES string of the molecule is CC/C=C(\C=C\c1ccc(OCCCN/C(=C/CC)OC(C)(C)C)c(OCc2ccccc2)c1)CC(/C=C/c1ccc(OCCCNC(=O)OC(C)(C)C)c(OCc2ccccc2)c1)=C\CC. The van der Waals surface area contributed by atoms with Crippen LogP contribution < -0.4 is 29.6 Å². The summed E-state index contributed by atoms with van der Waals surface area (Å²) in [6.45, 7) is 21.1. The van der Waals surface area contributed by atoms with E-state index in [0.717, 1.165) is 66.8 Å². The van der Waals surface area contributed by atoms with E-state index in [1.165, 1.54) is 11.1 Å². The zero-order chi connectivity index (χ0) is 48.3. The van der Waals surface area contributed by atoms with Crippen LogP contribution in [0.5, 0.6) is 23.0 Å². The maximum atomic E-state index is 12.1. The van der Waals surface area contributed by atoms with Crippen LogP contribution in [0.4, 0.5) is 4.79 Å². The van der Waals surface area contributed by atoms with Gasteiger partial charge in [-0.05, 0) is 144 Å². The molecule has 0 spiro atoms. The average Bonchev–Trinajstić information content (AvgIpc) is 3.29. The average molecular weight is 913 g/mol. The van der Waals surface area contributed by atoms with Gasteiger partial charge >= 0.3 is 6.09 Å². The number of benzene rings is 4. The Morgan fingerprint density at radius 2 is 0.970 bits per heavy atom. The molecule has 4 aromatic carbocycles. The summed E-state index contributed by atoms with van der Waals surface area (Å²) in [7, 11) is 0. The van der Waals surface area contributed by atoms with Gasteiger partial charge < -0.3 is 39.1 Å². The van der Waals surface area contributed by atoms with E-state index in [-0.39, 0.29) is 5.60 Å². The molecule has 67 heavy (non-hydrogen) atoms. The summed E-state index contributed by atoms with van der Waals surface area (Å²) in [4.78, 5) is 12.1. The number of hydrogen-bond donors (Lipinski definition) is 2. The Labute approximate surface area is 402 Å². The number of carbonyl (C=O) groups excluding carboxylic acids is 1. The van der Waals surface area contributed by atoms with Gasteiger partial charge in [0.1, 0.15) is 24.4 Å². The Hall–Kier alpha value is -6.35. The highest BCUT2D eigenvalue weighted by atomic mass is 16.6. The topological polar surface area (TPSA) is 96.5 Å². The van der Waals surface area contributed by atoms with Gasteiger partial charge in [0.2, 0.25) is 0 Å². The molecule has 4 aromatic rings. The van der Waals surface area contributed by atoms with Crippen molar-refractivity contribution in [2.45, 2.75) is 125 Å². The van der Waals surface area contributed by atoms with E-state index in [2.05, 4.69) is 119 Å². The minimum absolute atomic E-state index is 0.271. The lowest BCUT2D eigenvalue weighted by atomic mass is 10.0. The second-order valence-electron chi connectivity index (χ2n) is 18.1. The standard InChI is InChI=1S/C58H76N2O7/c1-10-21-45(28-30-47-32-34-51(53(41-47)64-43-49-24-15-13-16-25-49)62-38-19-36-59-55(23-12-3)66-57(4,5)6)40-46(22-11-2)29-31-48-33-35-52(54(42-48)65-44-50-26-17-14-18-27-50)63-39-20-37-60-56(61)67-58(7,8)9/h13-18,21-35,41-42,59H,10-12,19-20,36-40,43-44H2,1-9H3,(H,60,61)/b30-28+,31-29+,45-21+,46-22-,55-23-. The van der Waals surface area contributed by atoms with Crippen LogP contribution in [0.2, 0.25) is 0 Å².